The monoisotopic (exact) mass is 383 g/mol. The van der Waals surface area contributed by atoms with Crippen LogP contribution in [0.1, 0.15) is 18.1 Å². The zero-order chi connectivity index (χ0) is 19.9. The highest BCUT2D eigenvalue weighted by atomic mass is 16.5. The predicted molar refractivity (Wildman–Crippen MR) is 120 cm³/mol. The van der Waals surface area contributed by atoms with Gasteiger partial charge in [-0.25, -0.2) is 0 Å². The van der Waals surface area contributed by atoms with E-state index in [0.717, 1.165) is 23.7 Å². The summed E-state index contributed by atoms with van der Waals surface area (Å²) < 4.78 is 11.6. The Morgan fingerprint density at radius 1 is 0.724 bits per heavy atom. The summed E-state index contributed by atoms with van der Waals surface area (Å²) in [5.74, 6) is 1.77. The molecule has 0 bridgehead atoms. The SMILES string of the molecule is CCOc1ccc(NCc2cccc(OCc3cccc4ccccc34)c2)cc1. The van der Waals surface area contributed by atoms with Gasteiger partial charge in [0.1, 0.15) is 18.1 Å². The molecule has 0 heterocycles. The van der Waals surface area contributed by atoms with E-state index in [1.165, 1.54) is 21.9 Å². The van der Waals surface area contributed by atoms with Gasteiger partial charge in [-0.15, -0.1) is 0 Å². The molecule has 146 valence electrons. The van der Waals surface area contributed by atoms with Crippen molar-refractivity contribution >= 4 is 16.5 Å². The average Bonchev–Trinajstić information content (AvgIpc) is 2.78. The predicted octanol–water partition coefficient (Wildman–Crippen LogP) is 6.43. The van der Waals surface area contributed by atoms with Crippen LogP contribution in [-0.4, -0.2) is 6.61 Å². The van der Waals surface area contributed by atoms with Crippen LogP contribution in [0.5, 0.6) is 11.5 Å². The Hall–Kier alpha value is -3.46. The number of fused-ring (bicyclic) bond motifs is 1. The van der Waals surface area contributed by atoms with Gasteiger partial charge in [0.25, 0.3) is 0 Å². The fourth-order valence-electron chi connectivity index (χ4n) is 3.36. The van der Waals surface area contributed by atoms with Gasteiger partial charge < -0.3 is 14.8 Å². The summed E-state index contributed by atoms with van der Waals surface area (Å²) in [4.78, 5) is 0. The normalized spacial score (nSPS) is 10.7. The van der Waals surface area contributed by atoms with Crippen LogP contribution < -0.4 is 14.8 Å². The summed E-state index contributed by atoms with van der Waals surface area (Å²) in [6.45, 7) is 3.95. The van der Waals surface area contributed by atoms with Crippen molar-refractivity contribution in [2.45, 2.75) is 20.1 Å². The summed E-state index contributed by atoms with van der Waals surface area (Å²) in [5, 5.41) is 5.92. The van der Waals surface area contributed by atoms with Crippen molar-refractivity contribution in [3.05, 3.63) is 102 Å². The molecule has 4 aromatic rings. The van der Waals surface area contributed by atoms with Crippen molar-refractivity contribution in [3.8, 4) is 11.5 Å². The Balaban J connectivity index is 1.38. The molecule has 0 unspecified atom stereocenters. The third-order valence-electron chi connectivity index (χ3n) is 4.83. The first-order valence-corrected chi connectivity index (χ1v) is 9.97. The van der Waals surface area contributed by atoms with Crippen molar-refractivity contribution in [1.82, 2.24) is 0 Å². The lowest BCUT2D eigenvalue weighted by atomic mass is 10.1. The van der Waals surface area contributed by atoms with E-state index in [1.54, 1.807) is 0 Å². The summed E-state index contributed by atoms with van der Waals surface area (Å²) in [6, 6.07) is 31.0. The van der Waals surface area contributed by atoms with E-state index in [9.17, 15) is 0 Å². The molecule has 0 radical (unpaired) electrons. The lowest BCUT2D eigenvalue weighted by molar-refractivity contribution is 0.307. The maximum absolute atomic E-state index is 6.09. The Bertz CT molecular complexity index is 1070. The van der Waals surface area contributed by atoms with E-state index in [2.05, 4.69) is 59.9 Å². The number of anilines is 1. The van der Waals surface area contributed by atoms with Crippen molar-refractivity contribution < 1.29 is 9.47 Å². The number of hydrogen-bond donors (Lipinski definition) is 1. The summed E-state index contributed by atoms with van der Waals surface area (Å²) in [6.07, 6.45) is 0. The molecular weight excluding hydrogens is 358 g/mol. The molecule has 1 N–H and O–H groups in total. The third kappa shape index (κ3) is 4.88. The minimum Gasteiger partial charge on any atom is -0.494 e. The molecule has 0 fully saturated rings. The minimum atomic E-state index is 0.553. The second-order valence-electron chi connectivity index (χ2n) is 6.89. The third-order valence-corrected chi connectivity index (χ3v) is 4.83. The number of nitrogens with one attached hydrogen (secondary N) is 1. The molecule has 0 saturated carbocycles. The van der Waals surface area contributed by atoms with Crippen LogP contribution in [0, 0.1) is 0 Å². The highest BCUT2D eigenvalue weighted by Crippen LogP contribution is 2.22. The van der Waals surface area contributed by atoms with Crippen LogP contribution >= 0.6 is 0 Å². The molecule has 29 heavy (non-hydrogen) atoms. The van der Waals surface area contributed by atoms with Gasteiger partial charge >= 0.3 is 0 Å². The maximum atomic E-state index is 6.09. The summed E-state index contributed by atoms with van der Waals surface area (Å²) in [5.41, 5.74) is 3.44. The highest BCUT2D eigenvalue weighted by molar-refractivity contribution is 5.85. The molecule has 3 heteroatoms. The topological polar surface area (TPSA) is 30.5 Å². The zero-order valence-electron chi connectivity index (χ0n) is 16.6. The standard InChI is InChI=1S/C26H25NO2/c1-2-28-24-15-13-23(14-16-24)27-18-20-7-5-11-25(17-20)29-19-22-10-6-9-21-8-3-4-12-26(21)22/h3-17,27H,2,18-19H2,1H3. The lowest BCUT2D eigenvalue weighted by Gasteiger charge is -2.11. The van der Waals surface area contributed by atoms with E-state index in [1.807, 2.05) is 43.3 Å². The van der Waals surface area contributed by atoms with Crippen LogP contribution in [-0.2, 0) is 13.2 Å². The zero-order valence-corrected chi connectivity index (χ0v) is 16.6. The van der Waals surface area contributed by atoms with Crippen molar-refractivity contribution in [1.29, 1.82) is 0 Å². The molecule has 0 atom stereocenters. The first-order valence-electron chi connectivity index (χ1n) is 9.97. The van der Waals surface area contributed by atoms with Gasteiger partial charge in [0.2, 0.25) is 0 Å². The van der Waals surface area contributed by atoms with Gasteiger partial charge in [0, 0.05) is 12.2 Å². The van der Waals surface area contributed by atoms with Crippen molar-refractivity contribution in [2.75, 3.05) is 11.9 Å². The van der Waals surface area contributed by atoms with E-state index < -0.39 is 0 Å². The Labute approximate surface area is 171 Å². The fourth-order valence-corrected chi connectivity index (χ4v) is 3.36. The Morgan fingerprint density at radius 2 is 1.52 bits per heavy atom. The molecule has 0 spiro atoms. The second-order valence-corrected chi connectivity index (χ2v) is 6.89. The molecule has 4 aromatic carbocycles. The first kappa shape index (κ1) is 18.9. The van der Waals surface area contributed by atoms with Gasteiger partial charge in [0.05, 0.1) is 6.61 Å². The molecule has 0 aliphatic carbocycles. The van der Waals surface area contributed by atoms with Gasteiger partial charge in [0.15, 0.2) is 0 Å². The number of rotatable bonds is 8. The summed E-state index contributed by atoms with van der Waals surface area (Å²) in [7, 11) is 0. The molecule has 4 rings (SSSR count). The molecule has 0 aromatic heterocycles. The van der Waals surface area contributed by atoms with E-state index in [0.29, 0.717) is 13.2 Å². The first-order chi connectivity index (χ1) is 14.3. The Kier molecular flexibility index (Phi) is 5.96. The lowest BCUT2D eigenvalue weighted by Crippen LogP contribution is -2.01. The van der Waals surface area contributed by atoms with E-state index >= 15 is 0 Å². The van der Waals surface area contributed by atoms with Gasteiger partial charge in [-0.2, -0.15) is 0 Å². The molecular formula is C26H25NO2. The van der Waals surface area contributed by atoms with Crippen LogP contribution in [0.2, 0.25) is 0 Å². The quantitative estimate of drug-likeness (QED) is 0.380. The maximum Gasteiger partial charge on any atom is 0.120 e. The van der Waals surface area contributed by atoms with E-state index in [4.69, 9.17) is 9.47 Å². The molecule has 0 aliphatic heterocycles. The number of hydrogen-bond acceptors (Lipinski definition) is 3. The number of benzene rings is 4. The largest absolute Gasteiger partial charge is 0.494 e. The van der Waals surface area contributed by atoms with E-state index in [-0.39, 0.29) is 0 Å². The average molecular weight is 383 g/mol. The van der Waals surface area contributed by atoms with Crippen LogP contribution in [0.4, 0.5) is 5.69 Å². The number of ether oxygens (including phenoxy) is 2. The molecule has 0 amide bonds. The van der Waals surface area contributed by atoms with Gasteiger partial charge in [-0.3, -0.25) is 0 Å². The van der Waals surface area contributed by atoms with Gasteiger partial charge in [-0.05, 0) is 65.2 Å². The Morgan fingerprint density at radius 3 is 2.38 bits per heavy atom. The van der Waals surface area contributed by atoms with Crippen LogP contribution in [0.15, 0.2) is 91.0 Å². The smallest absolute Gasteiger partial charge is 0.120 e. The fraction of sp³-hybridized carbons (Fsp3) is 0.154. The minimum absolute atomic E-state index is 0.553. The highest BCUT2D eigenvalue weighted by Gasteiger charge is 2.03. The second kappa shape index (κ2) is 9.16. The molecule has 0 aliphatic rings. The van der Waals surface area contributed by atoms with Crippen LogP contribution in [0.3, 0.4) is 0 Å². The summed E-state index contributed by atoms with van der Waals surface area (Å²) >= 11 is 0. The van der Waals surface area contributed by atoms with Gasteiger partial charge in [-0.1, -0.05) is 54.6 Å². The van der Waals surface area contributed by atoms with Crippen molar-refractivity contribution in [3.63, 3.8) is 0 Å². The van der Waals surface area contributed by atoms with Crippen molar-refractivity contribution in [2.24, 2.45) is 0 Å². The van der Waals surface area contributed by atoms with Crippen LogP contribution in [0.25, 0.3) is 10.8 Å². The molecule has 3 nitrogen and oxygen atoms in total. The molecule has 0 saturated heterocycles.